The molecule has 0 saturated carbocycles. The second-order valence-corrected chi connectivity index (χ2v) is 6.41. The molecule has 0 atom stereocenters. The van der Waals surface area contributed by atoms with E-state index >= 15 is 0 Å². The molecule has 0 heterocycles. The quantitative estimate of drug-likeness (QED) is 0.419. The zero-order valence-electron chi connectivity index (χ0n) is 15.0. The molecule has 0 aliphatic rings. The highest BCUT2D eigenvalue weighted by Crippen LogP contribution is 2.29. The van der Waals surface area contributed by atoms with Crippen molar-refractivity contribution in [3.05, 3.63) is 60.7 Å². The van der Waals surface area contributed by atoms with Crippen molar-refractivity contribution in [1.29, 1.82) is 0 Å². The minimum atomic E-state index is -2.18. The fourth-order valence-corrected chi connectivity index (χ4v) is 2.71. The molecule has 2 N–H and O–H groups in total. The summed E-state index contributed by atoms with van der Waals surface area (Å²) in [5.41, 5.74) is 0. The number of hydrogen-bond donors (Lipinski definition) is 2. The lowest BCUT2D eigenvalue weighted by Gasteiger charge is -1.97. The van der Waals surface area contributed by atoms with Gasteiger partial charge in [0, 0.05) is 17.8 Å². The van der Waals surface area contributed by atoms with E-state index in [1.54, 1.807) is 48.5 Å². The molecule has 5 nitrogen and oxygen atoms in total. The van der Waals surface area contributed by atoms with Gasteiger partial charge in [0.15, 0.2) is 11.5 Å². The van der Waals surface area contributed by atoms with Crippen LogP contribution in [0.2, 0.25) is 0 Å². The van der Waals surface area contributed by atoms with E-state index in [0.717, 1.165) is 25.7 Å². The summed E-state index contributed by atoms with van der Waals surface area (Å²) in [7, 11) is -2.18. The Labute approximate surface area is 156 Å². The lowest BCUT2D eigenvalue weighted by molar-refractivity contribution is 0.275. The van der Waals surface area contributed by atoms with Gasteiger partial charge in [-0.05, 0) is 37.1 Å². The Morgan fingerprint density at radius 3 is 1.31 bits per heavy atom. The van der Waals surface area contributed by atoms with Crippen LogP contribution in [0.15, 0.2) is 60.7 Å². The third-order valence-electron chi connectivity index (χ3n) is 3.41. The fraction of sp³-hybridized carbons (Fsp3) is 0.400. The van der Waals surface area contributed by atoms with Crippen molar-refractivity contribution >= 4 is 8.25 Å². The predicted octanol–water partition coefficient (Wildman–Crippen LogP) is 5.11. The molecule has 2 aromatic carbocycles. The Kier molecular flexibility index (Phi) is 13.0. The molecule has 0 aliphatic heterocycles. The average molecular weight is 379 g/mol. The van der Waals surface area contributed by atoms with E-state index in [4.69, 9.17) is 19.3 Å². The van der Waals surface area contributed by atoms with Gasteiger partial charge in [-0.3, -0.25) is 0 Å². The van der Waals surface area contributed by atoms with Crippen molar-refractivity contribution in [2.75, 3.05) is 13.2 Å². The molecule has 0 amide bonds. The first kappa shape index (κ1) is 22.1. The van der Waals surface area contributed by atoms with Gasteiger partial charge in [-0.25, -0.2) is 9.05 Å². The number of aliphatic hydroxyl groups is 2. The third kappa shape index (κ3) is 11.6. The molecule has 26 heavy (non-hydrogen) atoms. The van der Waals surface area contributed by atoms with Crippen molar-refractivity contribution in [3.63, 3.8) is 0 Å². The first-order chi connectivity index (χ1) is 12.8. The molecule has 0 aromatic heterocycles. The Bertz CT molecular complexity index is 526. The fourth-order valence-electron chi connectivity index (χ4n) is 2.08. The Hall–Kier alpha value is -1.94. The van der Waals surface area contributed by atoms with E-state index in [9.17, 15) is 4.57 Å². The number of aliphatic hydroxyl groups excluding tert-OH is 2. The molecule has 2 aromatic rings. The minimum absolute atomic E-state index is 0.319. The van der Waals surface area contributed by atoms with E-state index in [0.29, 0.717) is 24.7 Å². The van der Waals surface area contributed by atoms with E-state index in [1.807, 2.05) is 12.1 Å². The number of para-hydroxylation sites is 2. The van der Waals surface area contributed by atoms with Crippen LogP contribution in [0, 0.1) is 0 Å². The van der Waals surface area contributed by atoms with Gasteiger partial charge in [0.05, 0.1) is 0 Å². The maximum atomic E-state index is 11.5. The van der Waals surface area contributed by atoms with Crippen molar-refractivity contribution in [2.24, 2.45) is 0 Å². The Morgan fingerprint density at radius 1 is 0.615 bits per heavy atom. The minimum Gasteiger partial charge on any atom is -0.396 e. The summed E-state index contributed by atoms with van der Waals surface area (Å²) >= 11 is 0. The molecule has 0 aliphatic carbocycles. The maximum Gasteiger partial charge on any atom is 0.805 e. The molecule has 0 unspecified atom stereocenters. The summed E-state index contributed by atoms with van der Waals surface area (Å²) in [4.78, 5) is 0. The highest BCUT2D eigenvalue weighted by molar-refractivity contribution is 7.34. The molecule has 2 rings (SSSR count). The van der Waals surface area contributed by atoms with Crippen LogP contribution in [0.1, 0.15) is 38.5 Å². The van der Waals surface area contributed by atoms with Crippen molar-refractivity contribution < 1.29 is 23.8 Å². The molecule has 0 saturated heterocycles. The summed E-state index contributed by atoms with van der Waals surface area (Å²) in [5, 5.41) is 16.9. The summed E-state index contributed by atoms with van der Waals surface area (Å²) in [5.74, 6) is 1.05. The van der Waals surface area contributed by atoms with Crippen molar-refractivity contribution in [3.8, 4) is 11.5 Å². The monoisotopic (exact) mass is 379 g/mol. The second-order valence-electron chi connectivity index (χ2n) is 5.60. The van der Waals surface area contributed by atoms with Gasteiger partial charge < -0.3 is 10.2 Å². The van der Waals surface area contributed by atoms with Gasteiger partial charge in [-0.2, -0.15) is 0 Å². The number of rotatable bonds is 11. The highest BCUT2D eigenvalue weighted by atomic mass is 31.1. The summed E-state index contributed by atoms with van der Waals surface area (Å²) in [6.07, 6.45) is 6.50. The predicted molar refractivity (Wildman–Crippen MR) is 104 cm³/mol. The smallest absolute Gasteiger partial charge is 0.396 e. The van der Waals surface area contributed by atoms with Crippen LogP contribution in [0.4, 0.5) is 0 Å². The molecule has 0 radical (unpaired) electrons. The molecular weight excluding hydrogens is 351 g/mol. The summed E-state index contributed by atoms with van der Waals surface area (Å²) in [6, 6.07) is 17.8. The highest BCUT2D eigenvalue weighted by Gasteiger charge is 2.23. The maximum absolute atomic E-state index is 11.5. The zero-order chi connectivity index (χ0) is 18.9. The number of unbranched alkanes of at least 4 members (excludes halogenated alkanes) is 5. The van der Waals surface area contributed by atoms with Gasteiger partial charge in [0.2, 0.25) is 0 Å². The van der Waals surface area contributed by atoms with Crippen LogP contribution < -0.4 is 9.05 Å². The standard InChI is InChI=1S/C12H10O3P.C8H18O2/c13-16(14-11-7-3-1-4-8-11)15-12-9-5-2-6-10-12;9-7-5-3-1-2-4-6-8-10/h1-10H;9-10H,1-8H2/q+1;. The van der Waals surface area contributed by atoms with E-state index in [1.165, 1.54) is 12.8 Å². The third-order valence-corrected chi connectivity index (χ3v) is 4.13. The first-order valence-electron chi connectivity index (χ1n) is 8.91. The number of benzene rings is 2. The summed E-state index contributed by atoms with van der Waals surface area (Å²) < 4.78 is 21.7. The molecular formula is C20H28O5P+. The molecule has 0 fully saturated rings. The van der Waals surface area contributed by atoms with Gasteiger partial charge in [0.1, 0.15) is 0 Å². The zero-order valence-corrected chi connectivity index (χ0v) is 15.9. The van der Waals surface area contributed by atoms with Crippen LogP contribution in [-0.4, -0.2) is 23.4 Å². The normalized spacial score (nSPS) is 9.77. The van der Waals surface area contributed by atoms with Gasteiger partial charge in [-0.15, -0.1) is 0 Å². The lowest BCUT2D eigenvalue weighted by Crippen LogP contribution is -1.87. The SMILES string of the molecule is O=[P+](Oc1ccccc1)Oc1ccccc1.OCCCCCCCCO. The Balaban J connectivity index is 0.000000294. The molecule has 0 spiro atoms. The number of hydrogen-bond acceptors (Lipinski definition) is 5. The molecule has 0 bridgehead atoms. The lowest BCUT2D eigenvalue weighted by atomic mass is 10.1. The van der Waals surface area contributed by atoms with Crippen LogP contribution in [-0.2, 0) is 4.57 Å². The molecule has 142 valence electrons. The van der Waals surface area contributed by atoms with Crippen molar-refractivity contribution in [1.82, 2.24) is 0 Å². The Morgan fingerprint density at radius 2 is 0.962 bits per heavy atom. The molecule has 6 heteroatoms. The van der Waals surface area contributed by atoms with Gasteiger partial charge >= 0.3 is 8.25 Å². The van der Waals surface area contributed by atoms with Gasteiger partial charge in [-0.1, -0.05) is 62.1 Å². The first-order valence-corrected chi connectivity index (χ1v) is 10.0. The van der Waals surface area contributed by atoms with Crippen LogP contribution in [0.3, 0.4) is 0 Å². The van der Waals surface area contributed by atoms with Crippen molar-refractivity contribution in [2.45, 2.75) is 38.5 Å². The second kappa shape index (κ2) is 15.3. The average Bonchev–Trinajstić information content (AvgIpc) is 2.67. The van der Waals surface area contributed by atoms with Gasteiger partial charge in [0.25, 0.3) is 0 Å². The van der Waals surface area contributed by atoms with Crippen LogP contribution in [0.5, 0.6) is 11.5 Å². The van der Waals surface area contributed by atoms with E-state index in [-0.39, 0.29) is 0 Å². The van der Waals surface area contributed by atoms with Crippen LogP contribution >= 0.6 is 8.25 Å². The van der Waals surface area contributed by atoms with Crippen LogP contribution in [0.25, 0.3) is 0 Å². The largest absolute Gasteiger partial charge is 0.805 e. The van der Waals surface area contributed by atoms with E-state index in [2.05, 4.69) is 0 Å². The topological polar surface area (TPSA) is 76.0 Å². The van der Waals surface area contributed by atoms with E-state index < -0.39 is 8.25 Å². The summed E-state index contributed by atoms with van der Waals surface area (Å²) in [6.45, 7) is 0.639.